The number of halogens is 1. The second-order valence-electron chi connectivity index (χ2n) is 1.80. The number of nitrogens with two attached hydrogens (primary N) is 1. The van der Waals surface area contributed by atoms with Crippen LogP contribution in [0.3, 0.4) is 0 Å². The van der Waals surface area contributed by atoms with Gasteiger partial charge in [-0.1, -0.05) is 0 Å². The fourth-order valence-corrected chi connectivity index (χ4v) is 0.592. The molecule has 4 heteroatoms. The molecule has 58 valence electrons. The highest BCUT2D eigenvalue weighted by Gasteiger charge is 2.04. The second-order valence-corrected chi connectivity index (χ2v) is 1.80. The third-order valence-electron chi connectivity index (χ3n) is 1.11. The van der Waals surface area contributed by atoms with Gasteiger partial charge in [0.15, 0.2) is 0 Å². The lowest BCUT2D eigenvalue weighted by Gasteiger charge is -2.00. The zero-order valence-electron chi connectivity index (χ0n) is 5.36. The first-order valence-corrected chi connectivity index (χ1v) is 2.74. The van der Waals surface area contributed by atoms with Crippen LogP contribution in [0, 0.1) is 0 Å². The summed E-state index contributed by atoms with van der Waals surface area (Å²) in [5, 5.41) is 8.52. The van der Waals surface area contributed by atoms with Crippen molar-refractivity contribution in [3.63, 3.8) is 0 Å². The lowest BCUT2D eigenvalue weighted by Crippen LogP contribution is -2.13. The average molecular weight is 164 g/mol. The van der Waals surface area contributed by atoms with Crippen molar-refractivity contribution in [1.29, 1.82) is 0 Å². The van der Waals surface area contributed by atoms with Gasteiger partial charge >= 0.3 is 0 Å². The van der Waals surface area contributed by atoms with Crippen LogP contribution in [0.4, 0.5) is 0 Å². The Hall–Kier alpha value is -0.510. The third-order valence-corrected chi connectivity index (χ3v) is 1.11. The van der Waals surface area contributed by atoms with E-state index in [2.05, 4.69) is 0 Å². The molecule has 0 aliphatic carbocycles. The number of aliphatic hydroxyl groups is 1. The van der Waals surface area contributed by atoms with Crippen molar-refractivity contribution >= 4 is 12.4 Å². The highest BCUT2D eigenvalue weighted by molar-refractivity contribution is 5.85. The molecule has 1 aromatic heterocycles. The zero-order chi connectivity index (χ0) is 6.69. The highest BCUT2D eigenvalue weighted by Crippen LogP contribution is 2.08. The molecule has 0 fully saturated rings. The predicted molar refractivity (Wildman–Crippen MR) is 40.0 cm³/mol. The Morgan fingerprint density at radius 2 is 2.40 bits per heavy atom. The maximum absolute atomic E-state index is 8.52. The fourth-order valence-electron chi connectivity index (χ4n) is 0.592. The molecule has 1 heterocycles. The van der Waals surface area contributed by atoms with E-state index in [9.17, 15) is 0 Å². The quantitative estimate of drug-likeness (QED) is 0.675. The molecular formula is C6H10ClNO2. The van der Waals surface area contributed by atoms with Gasteiger partial charge in [-0.05, 0) is 12.1 Å². The molecule has 0 aliphatic rings. The molecule has 3 nitrogen and oxygen atoms in total. The topological polar surface area (TPSA) is 59.4 Å². The summed E-state index contributed by atoms with van der Waals surface area (Å²) in [7, 11) is 0. The van der Waals surface area contributed by atoms with Crippen LogP contribution in [-0.4, -0.2) is 11.7 Å². The van der Waals surface area contributed by atoms with Crippen molar-refractivity contribution in [2.75, 3.05) is 6.61 Å². The van der Waals surface area contributed by atoms with E-state index in [1.165, 1.54) is 6.26 Å². The first-order chi connectivity index (χ1) is 4.34. The smallest absolute Gasteiger partial charge is 0.122 e. The molecule has 1 unspecified atom stereocenters. The number of rotatable bonds is 2. The largest absolute Gasteiger partial charge is 0.468 e. The molecule has 0 spiro atoms. The maximum Gasteiger partial charge on any atom is 0.122 e. The van der Waals surface area contributed by atoms with Crippen LogP contribution in [0.15, 0.2) is 22.8 Å². The monoisotopic (exact) mass is 163 g/mol. The van der Waals surface area contributed by atoms with E-state index < -0.39 is 0 Å². The Kier molecular flexibility index (Phi) is 4.11. The van der Waals surface area contributed by atoms with E-state index in [-0.39, 0.29) is 25.1 Å². The predicted octanol–water partition coefficient (Wildman–Crippen LogP) is 0.694. The van der Waals surface area contributed by atoms with E-state index in [1.54, 1.807) is 12.1 Å². The van der Waals surface area contributed by atoms with Gasteiger partial charge in [-0.2, -0.15) is 0 Å². The lowest BCUT2D eigenvalue weighted by atomic mass is 10.2. The molecule has 0 bridgehead atoms. The van der Waals surface area contributed by atoms with Gasteiger partial charge in [0.05, 0.1) is 18.9 Å². The summed E-state index contributed by atoms with van der Waals surface area (Å²) in [6.45, 7) is -0.0759. The summed E-state index contributed by atoms with van der Waals surface area (Å²) in [5.74, 6) is 0.623. The van der Waals surface area contributed by atoms with Gasteiger partial charge in [0, 0.05) is 0 Å². The highest BCUT2D eigenvalue weighted by atomic mass is 35.5. The van der Waals surface area contributed by atoms with Gasteiger partial charge < -0.3 is 15.3 Å². The maximum atomic E-state index is 8.52. The van der Waals surface area contributed by atoms with Gasteiger partial charge in [-0.25, -0.2) is 0 Å². The minimum Gasteiger partial charge on any atom is -0.468 e. The minimum atomic E-state index is -0.375. The third kappa shape index (κ3) is 2.02. The Balaban J connectivity index is 0.000000810. The molecule has 3 N–H and O–H groups in total. The fraction of sp³-hybridized carbons (Fsp3) is 0.333. The number of aliphatic hydroxyl groups excluding tert-OH is 1. The molecule has 0 aliphatic heterocycles. The Morgan fingerprint density at radius 3 is 2.80 bits per heavy atom. The SMILES string of the molecule is Cl.NC(CO)c1ccco1. The van der Waals surface area contributed by atoms with Gasteiger partial charge in [0.25, 0.3) is 0 Å². The van der Waals surface area contributed by atoms with Crippen LogP contribution in [0.1, 0.15) is 11.8 Å². The Morgan fingerprint density at radius 1 is 1.70 bits per heavy atom. The van der Waals surface area contributed by atoms with Gasteiger partial charge in [0.2, 0.25) is 0 Å². The number of hydrogen-bond donors (Lipinski definition) is 2. The first kappa shape index (κ1) is 9.49. The van der Waals surface area contributed by atoms with Crippen LogP contribution < -0.4 is 5.73 Å². The van der Waals surface area contributed by atoms with E-state index in [4.69, 9.17) is 15.3 Å². The summed E-state index contributed by atoms with van der Waals surface area (Å²) in [4.78, 5) is 0. The number of hydrogen-bond acceptors (Lipinski definition) is 3. The van der Waals surface area contributed by atoms with Gasteiger partial charge in [-0.15, -0.1) is 12.4 Å². The average Bonchev–Trinajstić information content (AvgIpc) is 2.37. The number of furan rings is 1. The van der Waals surface area contributed by atoms with Crippen LogP contribution in [0.5, 0.6) is 0 Å². The Labute approximate surface area is 65.2 Å². The normalized spacial score (nSPS) is 12.2. The first-order valence-electron chi connectivity index (χ1n) is 2.74. The summed E-state index contributed by atoms with van der Waals surface area (Å²) in [6.07, 6.45) is 1.53. The van der Waals surface area contributed by atoms with E-state index in [0.29, 0.717) is 5.76 Å². The summed E-state index contributed by atoms with van der Waals surface area (Å²) in [6, 6.07) is 3.10. The molecule has 0 saturated carbocycles. The molecule has 0 radical (unpaired) electrons. The van der Waals surface area contributed by atoms with Crippen molar-refractivity contribution in [3.05, 3.63) is 24.2 Å². The molecule has 0 aromatic carbocycles. The molecule has 0 saturated heterocycles. The van der Waals surface area contributed by atoms with Crippen molar-refractivity contribution < 1.29 is 9.52 Å². The zero-order valence-corrected chi connectivity index (χ0v) is 6.17. The van der Waals surface area contributed by atoms with Crippen molar-refractivity contribution in [2.24, 2.45) is 5.73 Å². The van der Waals surface area contributed by atoms with E-state index >= 15 is 0 Å². The molecule has 10 heavy (non-hydrogen) atoms. The van der Waals surface area contributed by atoms with Gasteiger partial charge in [0.1, 0.15) is 5.76 Å². The molecular weight excluding hydrogens is 154 g/mol. The second kappa shape index (κ2) is 4.33. The van der Waals surface area contributed by atoms with Crippen LogP contribution >= 0.6 is 12.4 Å². The molecule has 0 amide bonds. The van der Waals surface area contributed by atoms with Gasteiger partial charge in [-0.3, -0.25) is 0 Å². The van der Waals surface area contributed by atoms with E-state index in [1.807, 2.05) is 0 Å². The van der Waals surface area contributed by atoms with Crippen molar-refractivity contribution in [2.45, 2.75) is 6.04 Å². The molecule has 1 rings (SSSR count). The lowest BCUT2D eigenvalue weighted by molar-refractivity contribution is 0.252. The van der Waals surface area contributed by atoms with Crippen molar-refractivity contribution in [1.82, 2.24) is 0 Å². The standard InChI is InChI=1S/C6H9NO2.ClH/c7-5(4-8)6-2-1-3-9-6;/h1-3,5,8H,4,7H2;1H. The van der Waals surface area contributed by atoms with Crippen LogP contribution in [0.25, 0.3) is 0 Å². The van der Waals surface area contributed by atoms with Crippen LogP contribution in [0.2, 0.25) is 0 Å². The minimum absolute atomic E-state index is 0. The van der Waals surface area contributed by atoms with Crippen LogP contribution in [-0.2, 0) is 0 Å². The van der Waals surface area contributed by atoms with Crippen molar-refractivity contribution in [3.8, 4) is 0 Å². The summed E-state index contributed by atoms with van der Waals surface area (Å²) < 4.78 is 4.90. The van der Waals surface area contributed by atoms with E-state index in [0.717, 1.165) is 0 Å². The molecule has 1 aromatic rings. The Bertz CT molecular complexity index is 164. The molecule has 1 atom stereocenters. The summed E-state index contributed by atoms with van der Waals surface area (Å²) >= 11 is 0. The summed E-state index contributed by atoms with van der Waals surface area (Å²) in [5.41, 5.74) is 5.39.